The number of unbranched alkanes of at least 4 members (excludes halogenated alkanes) is 16. The summed E-state index contributed by atoms with van der Waals surface area (Å²) >= 11 is 0. The number of benzene rings is 1. The maximum Gasteiger partial charge on any atom is 0.136 e. The van der Waals surface area contributed by atoms with Crippen LogP contribution < -0.4 is 9.47 Å². The molecule has 0 fully saturated rings. The van der Waals surface area contributed by atoms with Gasteiger partial charge in [0.25, 0.3) is 0 Å². The molecule has 0 saturated heterocycles. The summed E-state index contributed by atoms with van der Waals surface area (Å²) in [5.74, 6) is 6.77. The van der Waals surface area contributed by atoms with E-state index in [4.69, 9.17) is 32.5 Å². The minimum atomic E-state index is 0.314. The first-order valence-electron chi connectivity index (χ1n) is 14.4. The van der Waals surface area contributed by atoms with E-state index < -0.39 is 0 Å². The fourth-order valence-electron chi connectivity index (χ4n) is 4.29. The van der Waals surface area contributed by atoms with Gasteiger partial charge in [-0.2, -0.15) is 0 Å². The van der Waals surface area contributed by atoms with Crippen molar-refractivity contribution in [1.29, 1.82) is 0 Å². The fraction of sp³-hybridized carbons (Fsp3) is 0.688. The first-order valence-corrected chi connectivity index (χ1v) is 14.4. The highest BCUT2D eigenvalue weighted by atomic mass is 16.5. The molecule has 0 amide bonds. The van der Waals surface area contributed by atoms with E-state index in [1.807, 2.05) is 12.1 Å². The summed E-state index contributed by atoms with van der Waals surface area (Å²) in [5.41, 5.74) is 1.38. The molecule has 0 heterocycles. The van der Waals surface area contributed by atoms with Crippen molar-refractivity contribution in [2.24, 2.45) is 0 Å². The molecular formula is C32H50O4. The van der Waals surface area contributed by atoms with E-state index >= 15 is 0 Å². The van der Waals surface area contributed by atoms with Crippen LogP contribution in [0.1, 0.15) is 127 Å². The number of terminal acetylenes is 2. The van der Waals surface area contributed by atoms with Gasteiger partial charge in [-0.3, -0.25) is 0 Å². The molecule has 202 valence electrons. The molecule has 0 bridgehead atoms. The highest BCUT2D eigenvalue weighted by Crippen LogP contribution is 2.29. The molecule has 0 aliphatic heterocycles. The third kappa shape index (κ3) is 15.8. The Labute approximate surface area is 221 Å². The van der Waals surface area contributed by atoms with Crippen LogP contribution in [0.2, 0.25) is 0 Å². The topological polar surface area (TPSA) is 58.9 Å². The fourth-order valence-corrected chi connectivity index (χ4v) is 4.29. The van der Waals surface area contributed by atoms with E-state index in [0.29, 0.717) is 49.1 Å². The summed E-state index contributed by atoms with van der Waals surface area (Å²) in [6.45, 7) is 1.90. The zero-order valence-electron chi connectivity index (χ0n) is 22.6. The van der Waals surface area contributed by atoms with Crippen LogP contribution in [0, 0.1) is 24.7 Å². The van der Waals surface area contributed by atoms with Gasteiger partial charge in [-0.25, -0.2) is 0 Å². The van der Waals surface area contributed by atoms with E-state index in [1.165, 1.54) is 64.2 Å². The van der Waals surface area contributed by atoms with E-state index in [1.54, 1.807) is 0 Å². The van der Waals surface area contributed by atoms with Gasteiger partial charge < -0.3 is 19.7 Å². The Balaban J connectivity index is 2.25. The molecular weight excluding hydrogens is 448 g/mol. The Kier molecular flexibility index (Phi) is 20.6. The molecule has 2 N–H and O–H groups in total. The maximum atomic E-state index is 8.80. The van der Waals surface area contributed by atoms with Crippen molar-refractivity contribution < 1.29 is 19.7 Å². The lowest BCUT2D eigenvalue weighted by atomic mass is 10.1. The molecule has 0 aliphatic carbocycles. The van der Waals surface area contributed by atoms with Crippen molar-refractivity contribution >= 4 is 0 Å². The second-order valence-corrected chi connectivity index (χ2v) is 9.64. The Bertz CT molecular complexity index is 680. The number of hydrogen-bond acceptors (Lipinski definition) is 4. The Morgan fingerprint density at radius 1 is 0.472 bits per heavy atom. The molecule has 0 aliphatic rings. The van der Waals surface area contributed by atoms with E-state index in [9.17, 15) is 0 Å². The highest BCUT2D eigenvalue weighted by Gasteiger charge is 2.10. The molecule has 1 aromatic carbocycles. The predicted octanol–water partition coefficient (Wildman–Crippen LogP) is 7.41. The Morgan fingerprint density at radius 2 is 0.750 bits per heavy atom. The normalized spacial score (nSPS) is 10.7. The molecule has 36 heavy (non-hydrogen) atoms. The van der Waals surface area contributed by atoms with Gasteiger partial charge in [-0.05, 0) is 25.7 Å². The van der Waals surface area contributed by atoms with Crippen molar-refractivity contribution in [1.82, 2.24) is 0 Å². The third-order valence-electron chi connectivity index (χ3n) is 6.51. The molecule has 4 nitrogen and oxygen atoms in total. The zero-order chi connectivity index (χ0) is 26.1. The summed E-state index contributed by atoms with van der Waals surface area (Å²) in [5, 5.41) is 17.6. The summed E-state index contributed by atoms with van der Waals surface area (Å²) in [6, 6.07) is 3.68. The van der Waals surface area contributed by atoms with Crippen LogP contribution in [-0.4, -0.2) is 36.6 Å². The average Bonchev–Trinajstić information content (AvgIpc) is 2.90. The predicted molar refractivity (Wildman–Crippen MR) is 151 cm³/mol. The molecule has 0 atom stereocenters. The van der Waals surface area contributed by atoms with E-state index in [0.717, 1.165) is 51.4 Å². The van der Waals surface area contributed by atoms with Gasteiger partial charge >= 0.3 is 0 Å². The lowest BCUT2D eigenvalue weighted by Crippen LogP contribution is -2.03. The smallest absolute Gasteiger partial charge is 0.136 e. The monoisotopic (exact) mass is 498 g/mol. The summed E-state index contributed by atoms with van der Waals surface area (Å²) in [6.07, 6.45) is 32.4. The van der Waals surface area contributed by atoms with Crippen molar-refractivity contribution in [3.63, 3.8) is 0 Å². The van der Waals surface area contributed by atoms with Crippen molar-refractivity contribution in [2.75, 3.05) is 26.4 Å². The van der Waals surface area contributed by atoms with Gasteiger partial charge in [0.2, 0.25) is 0 Å². The number of ether oxygens (including phenoxy) is 2. The summed E-state index contributed by atoms with van der Waals surface area (Å²) < 4.78 is 12.0. The quantitative estimate of drug-likeness (QED) is 0.115. The lowest BCUT2D eigenvalue weighted by molar-refractivity contribution is 0.281. The molecule has 0 aromatic heterocycles. The first kappa shape index (κ1) is 31.9. The van der Waals surface area contributed by atoms with Gasteiger partial charge in [-0.1, -0.05) is 102 Å². The summed E-state index contributed by atoms with van der Waals surface area (Å²) in [4.78, 5) is 0. The van der Waals surface area contributed by atoms with Crippen LogP contribution in [0.3, 0.4) is 0 Å². The minimum Gasteiger partial charge on any atom is -0.492 e. The number of aliphatic hydroxyl groups is 2. The molecule has 1 rings (SSSR count). The largest absolute Gasteiger partial charge is 0.492 e. The molecule has 0 unspecified atom stereocenters. The first-order chi connectivity index (χ1) is 17.8. The molecule has 1 aromatic rings. The second-order valence-electron chi connectivity index (χ2n) is 9.64. The van der Waals surface area contributed by atoms with Crippen LogP contribution in [0.25, 0.3) is 0 Å². The number of aliphatic hydroxyl groups excluding tert-OH is 2. The SMILES string of the molecule is C#Cc1cc(OCCCCCCCCCCCO)c(C#C)cc1OCCCCCCCCCCCO. The average molecular weight is 499 g/mol. The van der Waals surface area contributed by atoms with Gasteiger partial charge in [0, 0.05) is 25.3 Å². The molecule has 0 radical (unpaired) electrons. The third-order valence-corrected chi connectivity index (χ3v) is 6.51. The van der Waals surface area contributed by atoms with E-state index in [-0.39, 0.29) is 0 Å². The van der Waals surface area contributed by atoms with Crippen LogP contribution in [0.15, 0.2) is 12.1 Å². The van der Waals surface area contributed by atoms with Crippen LogP contribution in [-0.2, 0) is 0 Å². The highest BCUT2D eigenvalue weighted by molar-refractivity contribution is 5.57. The van der Waals surface area contributed by atoms with E-state index in [2.05, 4.69) is 11.8 Å². The minimum absolute atomic E-state index is 0.314. The molecule has 4 heteroatoms. The Hall–Kier alpha value is -2.14. The van der Waals surface area contributed by atoms with Gasteiger partial charge in [0.1, 0.15) is 11.5 Å². The van der Waals surface area contributed by atoms with Crippen molar-refractivity contribution in [2.45, 2.75) is 116 Å². The second kappa shape index (κ2) is 23.3. The number of rotatable bonds is 24. The zero-order valence-corrected chi connectivity index (χ0v) is 22.6. The Morgan fingerprint density at radius 3 is 1.03 bits per heavy atom. The van der Waals surface area contributed by atoms with Crippen LogP contribution in [0.5, 0.6) is 11.5 Å². The molecule has 0 saturated carbocycles. The van der Waals surface area contributed by atoms with Crippen molar-refractivity contribution in [3.8, 4) is 36.2 Å². The lowest BCUT2D eigenvalue weighted by Gasteiger charge is -2.13. The molecule has 0 spiro atoms. The van der Waals surface area contributed by atoms with Gasteiger partial charge in [0.15, 0.2) is 0 Å². The van der Waals surface area contributed by atoms with Crippen LogP contribution in [0.4, 0.5) is 0 Å². The maximum absolute atomic E-state index is 8.80. The van der Waals surface area contributed by atoms with Gasteiger partial charge in [-0.15, -0.1) is 12.8 Å². The van der Waals surface area contributed by atoms with Crippen molar-refractivity contribution in [3.05, 3.63) is 23.3 Å². The van der Waals surface area contributed by atoms with Crippen LogP contribution >= 0.6 is 0 Å². The number of hydrogen-bond donors (Lipinski definition) is 2. The standard InChI is InChI=1S/C32H50O4/c1-3-29-27-32(36-26-22-18-14-10-6-8-12-16-20-24-34)30(4-2)28-31(29)35-25-21-17-13-9-5-7-11-15-19-23-33/h1-2,27-28,33-34H,5-26H2. The van der Waals surface area contributed by atoms with Gasteiger partial charge in [0.05, 0.1) is 24.3 Å². The summed E-state index contributed by atoms with van der Waals surface area (Å²) in [7, 11) is 0.